The van der Waals surface area contributed by atoms with Gasteiger partial charge in [0.25, 0.3) is 6.43 Å². The van der Waals surface area contributed by atoms with E-state index in [1.54, 1.807) is 30.3 Å². The number of nitrogens with one attached hydrogen (secondary N) is 1. The summed E-state index contributed by atoms with van der Waals surface area (Å²) in [7, 11) is 0. The summed E-state index contributed by atoms with van der Waals surface area (Å²) in [5.74, 6) is -0.836. The maximum atomic E-state index is 13.8. The molecule has 1 fully saturated rings. The number of carboxylic acids is 1. The molecule has 0 aliphatic carbocycles. The molecule has 0 unspecified atom stereocenters. The van der Waals surface area contributed by atoms with Crippen LogP contribution in [0.1, 0.15) is 19.2 Å². The normalized spacial score (nSPS) is 15.0. The van der Waals surface area contributed by atoms with E-state index in [0.29, 0.717) is 43.2 Å². The molecule has 3 heterocycles. The average Bonchev–Trinajstić information content (AvgIpc) is 3.14. The number of anilines is 2. The molecular formula is C19H21ClF2N6O3. The molecule has 0 saturated carbocycles. The number of imidazole rings is 1. The highest BCUT2D eigenvalue weighted by molar-refractivity contribution is 5.85. The predicted octanol–water partition coefficient (Wildman–Crippen LogP) is 2.90. The van der Waals surface area contributed by atoms with Gasteiger partial charge in [-0.3, -0.25) is 9.36 Å². The number of halogens is 3. The largest absolute Gasteiger partial charge is 0.480 e. The second-order valence-electron chi connectivity index (χ2n) is 6.81. The van der Waals surface area contributed by atoms with Crippen LogP contribution in [-0.4, -0.2) is 62.9 Å². The summed E-state index contributed by atoms with van der Waals surface area (Å²) in [6, 6.07) is 7.40. The van der Waals surface area contributed by atoms with Gasteiger partial charge in [0.15, 0.2) is 5.82 Å². The number of hydrogen-bond donors (Lipinski definition) is 2. The Morgan fingerprint density at radius 1 is 1.16 bits per heavy atom. The molecule has 0 amide bonds. The van der Waals surface area contributed by atoms with Gasteiger partial charge >= 0.3 is 5.97 Å². The van der Waals surface area contributed by atoms with E-state index < -0.39 is 24.3 Å². The minimum Gasteiger partial charge on any atom is -0.480 e. The highest BCUT2D eigenvalue weighted by atomic mass is 35.5. The lowest BCUT2D eigenvalue weighted by Gasteiger charge is -2.28. The molecule has 0 bridgehead atoms. The maximum Gasteiger partial charge on any atom is 0.325 e. The molecule has 1 aromatic carbocycles. The molecule has 9 nitrogen and oxygen atoms in total. The molecule has 1 atom stereocenters. The Hall–Kier alpha value is -3.05. The number of carbonyl (C=O) groups is 1. The summed E-state index contributed by atoms with van der Waals surface area (Å²) in [5.41, 5.74) is 0.879. The maximum absolute atomic E-state index is 13.8. The van der Waals surface area contributed by atoms with Crippen molar-refractivity contribution in [2.45, 2.75) is 19.4 Å². The number of para-hydroxylation sites is 2. The first kappa shape index (κ1) is 22.6. The zero-order valence-corrected chi connectivity index (χ0v) is 17.4. The fourth-order valence-corrected chi connectivity index (χ4v) is 3.24. The molecule has 1 aliphatic heterocycles. The Bertz CT molecular complexity index is 1070. The van der Waals surface area contributed by atoms with E-state index >= 15 is 0 Å². The molecule has 2 N–H and O–H groups in total. The number of benzene rings is 1. The fourth-order valence-electron chi connectivity index (χ4n) is 3.24. The molecule has 166 valence electrons. The van der Waals surface area contributed by atoms with Gasteiger partial charge in [-0.25, -0.2) is 13.8 Å². The van der Waals surface area contributed by atoms with Crippen molar-refractivity contribution < 1.29 is 23.4 Å². The van der Waals surface area contributed by atoms with Crippen molar-refractivity contribution in [2.75, 3.05) is 36.5 Å². The average molecular weight is 455 g/mol. The van der Waals surface area contributed by atoms with Crippen molar-refractivity contribution in [3.05, 3.63) is 36.2 Å². The highest BCUT2D eigenvalue weighted by Crippen LogP contribution is 2.29. The van der Waals surface area contributed by atoms with Gasteiger partial charge in [0, 0.05) is 19.2 Å². The van der Waals surface area contributed by atoms with Gasteiger partial charge in [0.2, 0.25) is 5.95 Å². The molecule has 0 radical (unpaired) electrons. The summed E-state index contributed by atoms with van der Waals surface area (Å²) < 4.78 is 34.2. The third-order valence-electron chi connectivity index (χ3n) is 4.76. The van der Waals surface area contributed by atoms with Crippen LogP contribution in [0.2, 0.25) is 0 Å². The first-order chi connectivity index (χ1) is 14.4. The highest BCUT2D eigenvalue weighted by Gasteiger charge is 2.24. The van der Waals surface area contributed by atoms with E-state index in [-0.39, 0.29) is 24.2 Å². The monoisotopic (exact) mass is 454 g/mol. The fraction of sp³-hybridized carbons (Fsp3) is 0.368. The second kappa shape index (κ2) is 9.40. The minimum absolute atomic E-state index is 0. The minimum atomic E-state index is -2.83. The Labute approximate surface area is 182 Å². The van der Waals surface area contributed by atoms with Crippen LogP contribution in [0.25, 0.3) is 16.9 Å². The number of nitrogens with zero attached hydrogens (tertiary/aromatic N) is 5. The third-order valence-corrected chi connectivity index (χ3v) is 4.76. The van der Waals surface area contributed by atoms with Crippen LogP contribution in [0.5, 0.6) is 0 Å². The van der Waals surface area contributed by atoms with Crippen LogP contribution in [0, 0.1) is 0 Å². The summed E-state index contributed by atoms with van der Waals surface area (Å²) in [6.07, 6.45) is -2.83. The van der Waals surface area contributed by atoms with Crippen LogP contribution >= 0.6 is 12.4 Å². The van der Waals surface area contributed by atoms with Crippen molar-refractivity contribution in [2.24, 2.45) is 0 Å². The molecule has 0 spiro atoms. The molecule has 12 heteroatoms. The summed E-state index contributed by atoms with van der Waals surface area (Å²) in [5, 5.41) is 11.9. The molecule has 4 rings (SSSR count). The molecule has 3 aromatic rings. The summed E-state index contributed by atoms with van der Waals surface area (Å²) in [4.78, 5) is 26.0. The van der Waals surface area contributed by atoms with Crippen molar-refractivity contribution in [1.82, 2.24) is 19.5 Å². The van der Waals surface area contributed by atoms with Crippen molar-refractivity contribution >= 4 is 41.2 Å². The lowest BCUT2D eigenvalue weighted by atomic mass is 10.3. The second-order valence-corrected chi connectivity index (χ2v) is 6.81. The van der Waals surface area contributed by atoms with Crippen LogP contribution in [0.4, 0.5) is 20.5 Å². The number of alkyl halides is 2. The Balaban J connectivity index is 0.00000272. The lowest BCUT2D eigenvalue weighted by molar-refractivity contribution is -0.137. The molecular weight excluding hydrogens is 434 g/mol. The smallest absolute Gasteiger partial charge is 0.325 e. The van der Waals surface area contributed by atoms with Gasteiger partial charge in [-0.15, -0.1) is 12.4 Å². The van der Waals surface area contributed by atoms with E-state index in [9.17, 15) is 18.7 Å². The van der Waals surface area contributed by atoms with Crippen LogP contribution in [-0.2, 0) is 9.53 Å². The Morgan fingerprint density at radius 3 is 2.52 bits per heavy atom. The number of aromatic nitrogens is 4. The van der Waals surface area contributed by atoms with Gasteiger partial charge in [0.05, 0.1) is 24.2 Å². The first-order valence-electron chi connectivity index (χ1n) is 9.41. The topological polar surface area (TPSA) is 105 Å². The summed E-state index contributed by atoms with van der Waals surface area (Å²) in [6.45, 7) is 3.59. The third kappa shape index (κ3) is 4.67. The van der Waals surface area contributed by atoms with Crippen LogP contribution in [0.15, 0.2) is 30.3 Å². The number of fused-ring (bicyclic) bond motifs is 1. The standard InChI is InChI=1S/C19H20F2N6O3.ClH/c1-11(18(28)29)22-19-24-14(26-6-8-30-9-7-26)10-15(25-19)27-13-5-3-2-4-12(13)23-17(27)16(20)21;/h2-5,10-11,16H,6-9H2,1H3,(H,28,29)(H,22,24,25);1H/t11-;/m0./s1. The van der Waals surface area contributed by atoms with Crippen LogP contribution < -0.4 is 10.2 Å². The Kier molecular flexibility index (Phi) is 6.86. The van der Waals surface area contributed by atoms with Gasteiger partial charge in [0.1, 0.15) is 17.7 Å². The van der Waals surface area contributed by atoms with Crippen molar-refractivity contribution in [3.63, 3.8) is 0 Å². The van der Waals surface area contributed by atoms with Gasteiger partial charge in [-0.2, -0.15) is 9.97 Å². The van der Waals surface area contributed by atoms with Crippen molar-refractivity contribution in [1.29, 1.82) is 0 Å². The van der Waals surface area contributed by atoms with E-state index in [4.69, 9.17) is 4.74 Å². The SMILES string of the molecule is C[C@H](Nc1nc(N2CCOCC2)cc(-n2c(C(F)F)nc3ccccc32)n1)C(=O)O.Cl. The number of rotatable bonds is 6. The number of hydrogen-bond acceptors (Lipinski definition) is 7. The molecule has 1 saturated heterocycles. The first-order valence-corrected chi connectivity index (χ1v) is 9.41. The number of carboxylic acid groups (broad SMARTS) is 1. The zero-order valence-electron chi connectivity index (χ0n) is 16.5. The molecule has 31 heavy (non-hydrogen) atoms. The van der Waals surface area contributed by atoms with Crippen molar-refractivity contribution in [3.8, 4) is 5.82 Å². The van der Waals surface area contributed by atoms with Gasteiger partial charge < -0.3 is 20.1 Å². The number of ether oxygens (including phenoxy) is 1. The van der Waals surface area contributed by atoms with Crippen LogP contribution in [0.3, 0.4) is 0 Å². The summed E-state index contributed by atoms with van der Waals surface area (Å²) >= 11 is 0. The van der Waals surface area contributed by atoms with E-state index in [0.717, 1.165) is 0 Å². The van der Waals surface area contributed by atoms with Gasteiger partial charge in [-0.1, -0.05) is 12.1 Å². The molecule has 1 aliphatic rings. The molecule has 2 aromatic heterocycles. The Morgan fingerprint density at radius 2 is 1.84 bits per heavy atom. The number of aliphatic carboxylic acids is 1. The van der Waals surface area contributed by atoms with Gasteiger partial charge in [-0.05, 0) is 19.1 Å². The van der Waals surface area contributed by atoms with E-state index in [2.05, 4.69) is 20.3 Å². The predicted molar refractivity (Wildman–Crippen MR) is 113 cm³/mol. The quantitative estimate of drug-likeness (QED) is 0.585. The van der Waals surface area contributed by atoms with E-state index in [1.165, 1.54) is 11.5 Å². The zero-order chi connectivity index (χ0) is 21.3. The number of morpholine rings is 1. The lowest BCUT2D eigenvalue weighted by Crippen LogP contribution is -2.37. The van der Waals surface area contributed by atoms with E-state index in [1.807, 2.05) is 4.90 Å².